The first-order valence-electron chi connectivity index (χ1n) is 16.5. The number of pyridine rings is 1. The molecule has 2 aromatic carbocycles. The molecule has 3 fully saturated rings. The zero-order valence-corrected chi connectivity index (χ0v) is 26.5. The predicted molar refractivity (Wildman–Crippen MR) is 181 cm³/mol. The van der Waals surface area contributed by atoms with Crippen molar-refractivity contribution in [3.63, 3.8) is 0 Å². The number of nitrogens with zero attached hydrogens (tertiary/aromatic N) is 8. The van der Waals surface area contributed by atoms with E-state index in [4.69, 9.17) is 10.1 Å². The highest BCUT2D eigenvalue weighted by atomic mass is 19.1. The van der Waals surface area contributed by atoms with Crippen LogP contribution < -0.4 is 20.0 Å². The van der Waals surface area contributed by atoms with Gasteiger partial charge >= 0.3 is 6.03 Å². The van der Waals surface area contributed by atoms with Gasteiger partial charge in [0.05, 0.1) is 17.9 Å². The van der Waals surface area contributed by atoms with E-state index in [-0.39, 0.29) is 23.8 Å². The van der Waals surface area contributed by atoms with Gasteiger partial charge in [-0.1, -0.05) is 30.3 Å². The number of piperazine rings is 1. The summed E-state index contributed by atoms with van der Waals surface area (Å²) in [6.07, 6.45) is 4.10. The van der Waals surface area contributed by atoms with Crippen LogP contribution in [-0.2, 0) is 11.3 Å². The molecular formula is C36H36FN9O2. The lowest BCUT2D eigenvalue weighted by molar-refractivity contribution is -0.120. The van der Waals surface area contributed by atoms with E-state index < -0.39 is 0 Å². The molecule has 5 aromatic rings. The van der Waals surface area contributed by atoms with E-state index in [2.05, 4.69) is 43.2 Å². The van der Waals surface area contributed by atoms with Gasteiger partial charge in [0.1, 0.15) is 23.1 Å². The molecule has 0 spiro atoms. The molecule has 0 radical (unpaired) electrons. The summed E-state index contributed by atoms with van der Waals surface area (Å²) >= 11 is 0. The predicted octanol–water partition coefficient (Wildman–Crippen LogP) is 5.04. The second-order valence-electron chi connectivity index (χ2n) is 12.6. The van der Waals surface area contributed by atoms with Crippen molar-refractivity contribution in [3.05, 3.63) is 102 Å². The van der Waals surface area contributed by atoms with E-state index >= 15 is 0 Å². The molecule has 0 aliphatic carbocycles. The molecule has 48 heavy (non-hydrogen) atoms. The van der Waals surface area contributed by atoms with Crippen LogP contribution in [0.1, 0.15) is 36.4 Å². The Morgan fingerprint density at radius 2 is 1.69 bits per heavy atom. The van der Waals surface area contributed by atoms with Gasteiger partial charge in [-0.3, -0.25) is 19.9 Å². The molecule has 3 aliphatic heterocycles. The third kappa shape index (κ3) is 5.95. The molecule has 1 atom stereocenters. The molecule has 0 unspecified atom stereocenters. The summed E-state index contributed by atoms with van der Waals surface area (Å²) in [6.45, 7) is 5.56. The van der Waals surface area contributed by atoms with Crippen LogP contribution in [0, 0.1) is 5.82 Å². The standard InChI is InChI=1S/C36H36FN9O2/c37-27-5-1-4-26(22-27)30-7-3-16-45(30)34-14-13-32-38-23-31(46(32)41-34)29-6-2-8-33(39-29)43-20-18-42(19-21-43)24-25-9-11-28(12-10-25)44-17-15-35(47)40-36(44)48/h1-2,4-6,8-14,22-23,30H,3,7,15-21,24H2,(H,40,47,48)/t30-/m1/s1. The van der Waals surface area contributed by atoms with Crippen molar-refractivity contribution in [1.29, 1.82) is 0 Å². The maximum Gasteiger partial charge on any atom is 0.328 e. The van der Waals surface area contributed by atoms with E-state index in [1.54, 1.807) is 17.0 Å². The van der Waals surface area contributed by atoms with Crippen molar-refractivity contribution < 1.29 is 14.0 Å². The maximum absolute atomic E-state index is 14.0. The summed E-state index contributed by atoms with van der Waals surface area (Å²) in [6, 6.07) is 24.6. The summed E-state index contributed by atoms with van der Waals surface area (Å²) in [5.41, 5.74) is 5.32. The Labute approximate surface area is 277 Å². The zero-order chi connectivity index (χ0) is 32.6. The molecule has 0 saturated carbocycles. The molecule has 8 rings (SSSR count). The van der Waals surface area contributed by atoms with E-state index in [9.17, 15) is 14.0 Å². The fraction of sp³-hybridized carbons (Fsp3) is 0.306. The average molecular weight is 646 g/mol. The first-order chi connectivity index (χ1) is 23.5. The lowest BCUT2D eigenvalue weighted by atomic mass is 10.0. The molecule has 12 heteroatoms. The molecule has 1 N–H and O–H groups in total. The monoisotopic (exact) mass is 645 g/mol. The molecule has 3 aromatic heterocycles. The van der Waals surface area contributed by atoms with Crippen LogP contribution in [0.25, 0.3) is 17.0 Å². The third-order valence-electron chi connectivity index (χ3n) is 9.53. The number of carbonyl (C=O) groups is 2. The average Bonchev–Trinajstić information content (AvgIpc) is 3.77. The maximum atomic E-state index is 14.0. The van der Waals surface area contributed by atoms with Crippen molar-refractivity contribution in [3.8, 4) is 11.4 Å². The number of imide groups is 1. The number of aromatic nitrogens is 4. The summed E-state index contributed by atoms with van der Waals surface area (Å²) in [5, 5.41) is 7.39. The molecule has 11 nitrogen and oxygen atoms in total. The van der Waals surface area contributed by atoms with Gasteiger partial charge in [0.15, 0.2) is 5.65 Å². The normalized spacial score (nSPS) is 18.9. The van der Waals surface area contributed by atoms with Crippen LogP contribution in [0.3, 0.4) is 0 Å². The largest absolute Gasteiger partial charge is 0.354 e. The number of carbonyl (C=O) groups excluding carboxylic acids is 2. The number of imidazole rings is 1. The zero-order valence-electron chi connectivity index (χ0n) is 26.5. The van der Waals surface area contributed by atoms with Crippen LogP contribution in [0.15, 0.2) is 85.1 Å². The van der Waals surface area contributed by atoms with Gasteiger partial charge in [0.2, 0.25) is 5.91 Å². The Bertz CT molecular complexity index is 1970. The number of rotatable bonds is 7. The van der Waals surface area contributed by atoms with Crippen LogP contribution in [0.4, 0.5) is 26.5 Å². The van der Waals surface area contributed by atoms with Crippen molar-refractivity contribution in [2.45, 2.75) is 31.8 Å². The van der Waals surface area contributed by atoms with Gasteiger partial charge in [-0.2, -0.15) is 0 Å². The second-order valence-corrected chi connectivity index (χ2v) is 12.6. The highest BCUT2D eigenvalue weighted by Gasteiger charge is 2.28. The van der Waals surface area contributed by atoms with Gasteiger partial charge in [-0.05, 0) is 72.5 Å². The fourth-order valence-electron chi connectivity index (χ4n) is 7.02. The Kier molecular flexibility index (Phi) is 7.93. The van der Waals surface area contributed by atoms with Crippen molar-refractivity contribution in [2.75, 3.05) is 54.0 Å². The number of benzene rings is 2. The van der Waals surface area contributed by atoms with Gasteiger partial charge in [-0.15, -0.1) is 5.10 Å². The number of nitrogens with one attached hydrogen (secondary N) is 1. The minimum absolute atomic E-state index is 0.0768. The molecular weight excluding hydrogens is 609 g/mol. The van der Waals surface area contributed by atoms with E-state index in [0.717, 1.165) is 92.0 Å². The number of urea groups is 1. The molecule has 244 valence electrons. The van der Waals surface area contributed by atoms with Gasteiger partial charge in [0.25, 0.3) is 0 Å². The minimum atomic E-state index is -0.368. The van der Waals surface area contributed by atoms with Crippen LogP contribution in [-0.4, -0.2) is 75.7 Å². The lowest BCUT2D eigenvalue weighted by Crippen LogP contribution is -2.49. The van der Waals surface area contributed by atoms with Crippen molar-refractivity contribution in [2.24, 2.45) is 0 Å². The number of fused-ring (bicyclic) bond motifs is 1. The Morgan fingerprint density at radius 1 is 0.854 bits per heavy atom. The van der Waals surface area contributed by atoms with Crippen molar-refractivity contribution >= 4 is 34.9 Å². The van der Waals surface area contributed by atoms with E-state index in [0.29, 0.717) is 13.0 Å². The summed E-state index contributed by atoms with van der Waals surface area (Å²) in [4.78, 5) is 41.9. The molecule has 6 heterocycles. The highest BCUT2D eigenvalue weighted by Crippen LogP contribution is 2.36. The first kappa shape index (κ1) is 30.0. The SMILES string of the molecule is O=C1CCN(c2ccc(CN3CCN(c4cccc(-c5cnc6ccc(N7CCC[C@@H]7c7cccc(F)c7)nn56)n4)CC3)cc2)C(=O)N1. The van der Waals surface area contributed by atoms with Crippen LogP contribution in [0.5, 0.6) is 0 Å². The fourth-order valence-corrected chi connectivity index (χ4v) is 7.02. The summed E-state index contributed by atoms with van der Waals surface area (Å²) in [7, 11) is 0. The molecule has 3 amide bonds. The molecule has 0 bridgehead atoms. The first-order valence-corrected chi connectivity index (χ1v) is 16.5. The smallest absolute Gasteiger partial charge is 0.328 e. The van der Waals surface area contributed by atoms with Crippen LogP contribution in [0.2, 0.25) is 0 Å². The highest BCUT2D eigenvalue weighted by molar-refractivity contribution is 6.05. The van der Waals surface area contributed by atoms with Gasteiger partial charge in [-0.25, -0.2) is 23.7 Å². The number of halogens is 1. The van der Waals surface area contributed by atoms with Gasteiger partial charge < -0.3 is 9.80 Å². The summed E-state index contributed by atoms with van der Waals surface area (Å²) < 4.78 is 15.9. The molecule has 3 saturated heterocycles. The van der Waals surface area contributed by atoms with Crippen LogP contribution >= 0.6 is 0 Å². The minimum Gasteiger partial charge on any atom is -0.354 e. The number of hydrogen-bond donors (Lipinski definition) is 1. The second kappa shape index (κ2) is 12.7. The summed E-state index contributed by atoms with van der Waals surface area (Å²) in [5.74, 6) is 1.31. The number of amides is 3. The van der Waals surface area contributed by atoms with Gasteiger partial charge in [0, 0.05) is 57.9 Å². The Hall–Kier alpha value is -5.36. The lowest BCUT2D eigenvalue weighted by Gasteiger charge is -2.35. The third-order valence-corrected chi connectivity index (χ3v) is 9.53. The quantitative estimate of drug-likeness (QED) is 0.263. The van der Waals surface area contributed by atoms with Crippen molar-refractivity contribution in [1.82, 2.24) is 29.8 Å². The Balaban J connectivity index is 0.936. The number of hydrogen-bond acceptors (Lipinski definition) is 8. The Morgan fingerprint density at radius 3 is 2.50 bits per heavy atom. The van der Waals surface area contributed by atoms with E-state index in [1.165, 1.54) is 11.6 Å². The van der Waals surface area contributed by atoms with E-state index in [1.807, 2.05) is 53.2 Å². The topological polar surface area (TPSA) is 102 Å². The molecule has 3 aliphatic rings. The number of anilines is 3.